The van der Waals surface area contributed by atoms with Gasteiger partial charge in [0.25, 0.3) is 0 Å². The molecule has 4 heteroatoms. The minimum Gasteiger partial charge on any atom is -0.398 e. The second-order valence-corrected chi connectivity index (χ2v) is 6.54. The van der Waals surface area contributed by atoms with Crippen LogP contribution in [0.15, 0.2) is 30.5 Å². The van der Waals surface area contributed by atoms with Gasteiger partial charge >= 0.3 is 0 Å². The van der Waals surface area contributed by atoms with E-state index in [9.17, 15) is 4.21 Å². The van der Waals surface area contributed by atoms with Crippen LogP contribution in [0.5, 0.6) is 0 Å². The number of benzene rings is 1. The molecular weight excluding hydrogens is 268 g/mol. The number of rotatable bonds is 4. The van der Waals surface area contributed by atoms with Gasteiger partial charge < -0.3 is 5.73 Å². The lowest BCUT2D eigenvalue weighted by Crippen LogP contribution is -2.07. The number of nitrogens with two attached hydrogens (primary N) is 1. The number of nitrogen functional groups attached to an aromatic ring is 1. The Morgan fingerprint density at radius 1 is 1.10 bits per heavy atom. The van der Waals surface area contributed by atoms with Crippen LogP contribution in [0.25, 0.3) is 0 Å². The highest BCUT2D eigenvalue weighted by atomic mass is 32.2. The van der Waals surface area contributed by atoms with Gasteiger partial charge in [-0.15, -0.1) is 0 Å². The molecule has 0 aliphatic heterocycles. The Kier molecular flexibility index (Phi) is 4.55. The first kappa shape index (κ1) is 14.7. The lowest BCUT2D eigenvalue weighted by Gasteiger charge is -2.10. The minimum absolute atomic E-state index is 0.449. The molecule has 0 saturated heterocycles. The van der Waals surface area contributed by atoms with Crippen LogP contribution < -0.4 is 5.73 Å². The van der Waals surface area contributed by atoms with Crippen LogP contribution in [-0.4, -0.2) is 9.19 Å². The average molecular weight is 288 g/mol. The molecule has 2 N–H and O–H groups in total. The van der Waals surface area contributed by atoms with Crippen molar-refractivity contribution in [3.05, 3.63) is 58.4 Å². The van der Waals surface area contributed by atoms with E-state index in [1.54, 1.807) is 6.20 Å². The molecule has 0 amide bonds. The van der Waals surface area contributed by atoms with Gasteiger partial charge in [-0.05, 0) is 43.0 Å². The number of nitrogens with zero attached hydrogens (tertiary/aromatic N) is 1. The second-order valence-electron chi connectivity index (χ2n) is 5.08. The van der Waals surface area contributed by atoms with Crippen LogP contribution in [0.1, 0.15) is 27.9 Å². The summed E-state index contributed by atoms with van der Waals surface area (Å²) in [6, 6.07) is 8.04. The van der Waals surface area contributed by atoms with Gasteiger partial charge in [0.15, 0.2) is 0 Å². The fraction of sp³-hybridized carbons (Fsp3) is 0.312. The van der Waals surface area contributed by atoms with Gasteiger partial charge in [-0.3, -0.25) is 9.19 Å². The maximum atomic E-state index is 12.3. The summed E-state index contributed by atoms with van der Waals surface area (Å²) >= 11 is 0. The van der Waals surface area contributed by atoms with Crippen LogP contribution in [0.3, 0.4) is 0 Å². The number of hydrogen-bond donors (Lipinski definition) is 1. The Hall–Kier alpha value is -1.68. The lowest BCUT2D eigenvalue weighted by molar-refractivity contribution is 0.681. The minimum atomic E-state index is -0.975. The highest BCUT2D eigenvalue weighted by molar-refractivity contribution is 7.83. The topological polar surface area (TPSA) is 56.0 Å². The molecule has 0 aliphatic carbocycles. The smallest absolute Gasteiger partial charge is 0.0665 e. The average Bonchev–Trinajstić information content (AvgIpc) is 2.42. The highest BCUT2D eigenvalue weighted by Crippen LogP contribution is 2.20. The van der Waals surface area contributed by atoms with Crippen molar-refractivity contribution in [2.45, 2.75) is 32.3 Å². The van der Waals surface area contributed by atoms with Crippen molar-refractivity contribution in [2.24, 2.45) is 0 Å². The predicted octanol–water partition coefficient (Wildman–Crippen LogP) is 3.04. The molecule has 0 radical (unpaired) electrons. The van der Waals surface area contributed by atoms with E-state index in [1.165, 1.54) is 5.56 Å². The molecular formula is C16H20N2OS. The fourth-order valence-electron chi connectivity index (χ4n) is 2.09. The monoisotopic (exact) mass is 288 g/mol. The number of hydrogen-bond acceptors (Lipinski definition) is 3. The van der Waals surface area contributed by atoms with Crippen molar-refractivity contribution in [3.63, 3.8) is 0 Å². The van der Waals surface area contributed by atoms with Gasteiger partial charge in [0.05, 0.1) is 11.4 Å². The molecule has 3 nitrogen and oxygen atoms in total. The normalized spacial score (nSPS) is 12.3. The van der Waals surface area contributed by atoms with Crippen LogP contribution in [0.2, 0.25) is 0 Å². The lowest BCUT2D eigenvalue weighted by atomic mass is 10.1. The standard InChI is InChI=1S/C16H20N2OS/c1-11-6-4-5-7-14(11)9-20(19)10-15-13(3)16(17)12(2)8-18-15/h4-8H,9-10H2,1-3H3,(H2,17,18). The van der Waals surface area contributed by atoms with Crippen LogP contribution in [-0.2, 0) is 22.3 Å². The van der Waals surface area contributed by atoms with Gasteiger partial charge in [0.2, 0.25) is 0 Å². The molecule has 2 aromatic rings. The van der Waals surface area contributed by atoms with Crippen molar-refractivity contribution in [2.75, 3.05) is 5.73 Å². The summed E-state index contributed by atoms with van der Waals surface area (Å²) in [6.45, 7) is 5.92. The Bertz CT molecular complexity index is 653. The van der Waals surface area contributed by atoms with Gasteiger partial charge in [0.1, 0.15) is 0 Å². The molecule has 1 atom stereocenters. The summed E-state index contributed by atoms with van der Waals surface area (Å²) in [5, 5.41) is 0. The Morgan fingerprint density at radius 3 is 2.50 bits per heavy atom. The van der Waals surface area contributed by atoms with E-state index >= 15 is 0 Å². The van der Waals surface area contributed by atoms with Gasteiger partial charge in [-0.1, -0.05) is 24.3 Å². The maximum absolute atomic E-state index is 12.3. The summed E-state index contributed by atoms with van der Waals surface area (Å²) in [5.41, 5.74) is 11.8. The maximum Gasteiger partial charge on any atom is 0.0665 e. The molecule has 1 unspecified atom stereocenters. The van der Waals surface area contributed by atoms with Gasteiger partial charge in [0, 0.05) is 28.4 Å². The molecule has 1 heterocycles. The second kappa shape index (κ2) is 6.18. The summed E-state index contributed by atoms with van der Waals surface area (Å²) in [7, 11) is -0.975. The zero-order valence-corrected chi connectivity index (χ0v) is 13.0. The Balaban J connectivity index is 2.13. The molecule has 1 aromatic carbocycles. The van der Waals surface area contributed by atoms with Crippen molar-refractivity contribution in [3.8, 4) is 0 Å². The van der Waals surface area contributed by atoms with E-state index in [1.807, 2.05) is 45.0 Å². The van der Waals surface area contributed by atoms with Crippen LogP contribution >= 0.6 is 0 Å². The third-order valence-electron chi connectivity index (χ3n) is 3.55. The van der Waals surface area contributed by atoms with E-state index < -0.39 is 10.8 Å². The summed E-state index contributed by atoms with van der Waals surface area (Å²) in [6.07, 6.45) is 1.75. The third kappa shape index (κ3) is 3.25. The van der Waals surface area contributed by atoms with E-state index in [-0.39, 0.29) is 0 Å². The molecule has 0 spiro atoms. The summed E-state index contributed by atoms with van der Waals surface area (Å²) in [5.74, 6) is 1.01. The zero-order valence-electron chi connectivity index (χ0n) is 12.1. The Labute approximate surface area is 122 Å². The first-order chi connectivity index (χ1) is 9.49. The third-order valence-corrected chi connectivity index (χ3v) is 4.78. The quantitative estimate of drug-likeness (QED) is 0.940. The van der Waals surface area contributed by atoms with Crippen molar-refractivity contribution in [1.29, 1.82) is 0 Å². The molecule has 2 rings (SSSR count). The molecule has 106 valence electrons. The van der Waals surface area contributed by atoms with E-state index in [0.29, 0.717) is 11.5 Å². The van der Waals surface area contributed by atoms with Crippen LogP contribution in [0.4, 0.5) is 5.69 Å². The SMILES string of the molecule is Cc1ccccc1CS(=O)Cc1ncc(C)c(N)c1C. The summed E-state index contributed by atoms with van der Waals surface area (Å²) < 4.78 is 12.3. The first-order valence-corrected chi connectivity index (χ1v) is 8.08. The molecule has 1 aromatic heterocycles. The predicted molar refractivity (Wildman–Crippen MR) is 84.9 cm³/mol. The summed E-state index contributed by atoms with van der Waals surface area (Å²) in [4.78, 5) is 4.37. The highest BCUT2D eigenvalue weighted by Gasteiger charge is 2.11. The molecule has 0 bridgehead atoms. The van der Waals surface area contributed by atoms with Crippen LogP contribution in [0, 0.1) is 20.8 Å². The first-order valence-electron chi connectivity index (χ1n) is 6.59. The van der Waals surface area contributed by atoms with Crippen molar-refractivity contribution in [1.82, 2.24) is 4.98 Å². The van der Waals surface area contributed by atoms with Gasteiger partial charge in [-0.2, -0.15) is 0 Å². The van der Waals surface area contributed by atoms with E-state index in [0.717, 1.165) is 28.1 Å². The molecule has 0 saturated carbocycles. The van der Waals surface area contributed by atoms with Crippen molar-refractivity contribution < 1.29 is 4.21 Å². The number of anilines is 1. The fourth-order valence-corrected chi connectivity index (χ4v) is 3.46. The van der Waals surface area contributed by atoms with Crippen molar-refractivity contribution >= 4 is 16.5 Å². The number of aryl methyl sites for hydroxylation is 2. The number of aromatic nitrogens is 1. The number of pyridine rings is 1. The van der Waals surface area contributed by atoms with E-state index in [2.05, 4.69) is 4.98 Å². The van der Waals surface area contributed by atoms with Gasteiger partial charge in [-0.25, -0.2) is 0 Å². The van der Waals surface area contributed by atoms with E-state index in [4.69, 9.17) is 5.73 Å². The largest absolute Gasteiger partial charge is 0.398 e. The molecule has 0 aliphatic rings. The molecule has 0 fully saturated rings. The zero-order chi connectivity index (χ0) is 14.7. The Morgan fingerprint density at radius 2 is 1.80 bits per heavy atom. The molecule has 20 heavy (non-hydrogen) atoms.